The summed E-state index contributed by atoms with van der Waals surface area (Å²) in [5.41, 5.74) is 6.17. The lowest BCUT2D eigenvalue weighted by molar-refractivity contribution is -0.116. The second-order valence-corrected chi connectivity index (χ2v) is 4.45. The van der Waals surface area contributed by atoms with Crippen LogP contribution in [0.4, 0.5) is 5.69 Å². The quantitative estimate of drug-likeness (QED) is 0.805. The Morgan fingerprint density at radius 2 is 1.81 bits per heavy atom. The predicted octanol–water partition coefficient (Wildman–Crippen LogP) is 2.20. The van der Waals surface area contributed by atoms with Crippen LogP contribution in [0, 0.1) is 0 Å². The van der Waals surface area contributed by atoms with E-state index < -0.39 is 0 Å². The largest absolute Gasteiger partial charge is 0.493 e. The number of nitrogens with one attached hydrogen (secondary N) is 1. The van der Waals surface area contributed by atoms with Gasteiger partial charge in [0.2, 0.25) is 11.7 Å². The van der Waals surface area contributed by atoms with Crippen molar-refractivity contribution in [2.45, 2.75) is 25.8 Å². The van der Waals surface area contributed by atoms with Gasteiger partial charge in [0.05, 0.1) is 27.0 Å². The number of hydrogen-bond donors (Lipinski definition) is 2. The van der Waals surface area contributed by atoms with Gasteiger partial charge < -0.3 is 25.3 Å². The monoisotopic (exact) mass is 318 g/mol. The smallest absolute Gasteiger partial charge is 0.224 e. The van der Waals surface area contributed by atoms with Gasteiger partial charge in [-0.25, -0.2) is 0 Å². The number of carbonyl (C=O) groups excluding carboxylic acids is 1. The van der Waals surface area contributed by atoms with Gasteiger partial charge in [0, 0.05) is 12.5 Å². The molecule has 1 unspecified atom stereocenters. The number of amides is 1. The second kappa shape index (κ2) is 9.31. The van der Waals surface area contributed by atoms with Crippen LogP contribution >= 0.6 is 12.4 Å². The highest BCUT2D eigenvalue weighted by molar-refractivity contribution is 5.93. The molecule has 0 aliphatic heterocycles. The highest BCUT2D eigenvalue weighted by Gasteiger charge is 2.17. The molecule has 7 heteroatoms. The van der Waals surface area contributed by atoms with Gasteiger partial charge in [0.15, 0.2) is 11.5 Å². The average molecular weight is 319 g/mol. The van der Waals surface area contributed by atoms with Crippen molar-refractivity contribution in [3.8, 4) is 17.2 Å². The SMILES string of the molecule is COc1ccc(NC(=O)CCC(C)N)c(OC)c1OC.Cl. The summed E-state index contributed by atoms with van der Waals surface area (Å²) in [6.45, 7) is 1.87. The molecule has 0 heterocycles. The highest BCUT2D eigenvalue weighted by Crippen LogP contribution is 2.42. The van der Waals surface area contributed by atoms with Gasteiger partial charge in [-0.3, -0.25) is 4.79 Å². The molecule has 1 aromatic rings. The van der Waals surface area contributed by atoms with Crippen LogP contribution in [0.15, 0.2) is 12.1 Å². The standard InChI is InChI=1S/C14H22N2O4.ClH/c1-9(15)5-8-12(17)16-10-6-7-11(18-2)14(20-4)13(10)19-3;/h6-7,9H,5,8,15H2,1-4H3,(H,16,17);1H. The molecule has 0 saturated heterocycles. The average Bonchev–Trinajstić information content (AvgIpc) is 2.44. The van der Waals surface area contributed by atoms with E-state index in [9.17, 15) is 4.79 Å². The number of benzene rings is 1. The van der Waals surface area contributed by atoms with E-state index >= 15 is 0 Å². The van der Waals surface area contributed by atoms with Crippen LogP contribution in [0.25, 0.3) is 0 Å². The third-order valence-corrected chi connectivity index (χ3v) is 2.81. The van der Waals surface area contributed by atoms with E-state index in [2.05, 4.69) is 5.32 Å². The molecule has 21 heavy (non-hydrogen) atoms. The fourth-order valence-electron chi connectivity index (χ4n) is 1.77. The van der Waals surface area contributed by atoms with Crippen LogP contribution in [-0.2, 0) is 4.79 Å². The number of ether oxygens (including phenoxy) is 3. The van der Waals surface area contributed by atoms with Crippen molar-refractivity contribution in [3.05, 3.63) is 12.1 Å². The molecule has 0 bridgehead atoms. The Morgan fingerprint density at radius 1 is 1.19 bits per heavy atom. The van der Waals surface area contributed by atoms with Crippen molar-refractivity contribution in [3.63, 3.8) is 0 Å². The molecule has 0 spiro atoms. The van der Waals surface area contributed by atoms with Gasteiger partial charge in [-0.1, -0.05) is 0 Å². The topological polar surface area (TPSA) is 82.8 Å². The van der Waals surface area contributed by atoms with E-state index in [1.807, 2.05) is 6.92 Å². The maximum Gasteiger partial charge on any atom is 0.224 e. The molecule has 0 fully saturated rings. The number of hydrogen-bond acceptors (Lipinski definition) is 5. The minimum atomic E-state index is -0.118. The van der Waals surface area contributed by atoms with E-state index in [0.29, 0.717) is 35.8 Å². The Hall–Kier alpha value is -1.66. The summed E-state index contributed by atoms with van der Waals surface area (Å²) in [7, 11) is 4.56. The molecule has 1 atom stereocenters. The predicted molar refractivity (Wildman–Crippen MR) is 84.9 cm³/mol. The number of rotatable bonds is 7. The van der Waals surface area contributed by atoms with Gasteiger partial charge in [-0.15, -0.1) is 12.4 Å². The molecule has 0 radical (unpaired) electrons. The molecule has 0 aliphatic rings. The molecule has 0 aromatic heterocycles. The fourth-order valence-corrected chi connectivity index (χ4v) is 1.77. The highest BCUT2D eigenvalue weighted by atomic mass is 35.5. The zero-order valence-electron chi connectivity index (χ0n) is 12.8. The molecule has 6 nitrogen and oxygen atoms in total. The maximum absolute atomic E-state index is 11.8. The van der Waals surface area contributed by atoms with Crippen LogP contribution in [-0.4, -0.2) is 33.3 Å². The van der Waals surface area contributed by atoms with Gasteiger partial charge in [0.1, 0.15) is 0 Å². The number of anilines is 1. The van der Waals surface area contributed by atoms with E-state index in [1.54, 1.807) is 12.1 Å². The van der Waals surface area contributed by atoms with Crippen molar-refractivity contribution >= 4 is 24.0 Å². The molecular weight excluding hydrogens is 296 g/mol. The third kappa shape index (κ3) is 5.32. The number of methoxy groups -OCH3 is 3. The van der Waals surface area contributed by atoms with Crippen molar-refractivity contribution in [1.29, 1.82) is 0 Å². The molecule has 0 aliphatic carbocycles. The van der Waals surface area contributed by atoms with Crippen molar-refractivity contribution in [2.24, 2.45) is 5.73 Å². The molecule has 0 saturated carbocycles. The summed E-state index contributed by atoms with van der Waals surface area (Å²) in [5, 5.41) is 2.79. The summed E-state index contributed by atoms with van der Waals surface area (Å²) in [5.74, 6) is 1.30. The van der Waals surface area contributed by atoms with Gasteiger partial charge in [-0.2, -0.15) is 0 Å². The first-order chi connectivity index (χ1) is 9.53. The lowest BCUT2D eigenvalue weighted by Gasteiger charge is -2.16. The Labute approximate surface area is 131 Å². The van der Waals surface area contributed by atoms with Crippen molar-refractivity contribution in [2.75, 3.05) is 26.6 Å². The first-order valence-corrected chi connectivity index (χ1v) is 6.37. The number of carbonyl (C=O) groups is 1. The summed E-state index contributed by atoms with van der Waals surface area (Å²) >= 11 is 0. The molecule has 1 amide bonds. The lowest BCUT2D eigenvalue weighted by Crippen LogP contribution is -2.19. The minimum Gasteiger partial charge on any atom is -0.493 e. The van der Waals surface area contributed by atoms with Crippen LogP contribution in [0.1, 0.15) is 19.8 Å². The van der Waals surface area contributed by atoms with E-state index in [4.69, 9.17) is 19.9 Å². The van der Waals surface area contributed by atoms with Crippen LogP contribution in [0.3, 0.4) is 0 Å². The summed E-state index contributed by atoms with van der Waals surface area (Å²) in [4.78, 5) is 11.8. The Morgan fingerprint density at radius 3 is 2.29 bits per heavy atom. The maximum atomic E-state index is 11.8. The van der Waals surface area contributed by atoms with Crippen LogP contribution < -0.4 is 25.3 Å². The molecular formula is C14H23ClN2O4. The first kappa shape index (κ1) is 19.3. The Kier molecular flexibility index (Phi) is 8.57. The summed E-state index contributed by atoms with van der Waals surface area (Å²) in [6.07, 6.45) is 0.983. The summed E-state index contributed by atoms with van der Waals surface area (Å²) in [6, 6.07) is 3.42. The lowest BCUT2D eigenvalue weighted by atomic mass is 10.2. The Balaban J connectivity index is 0.00000400. The first-order valence-electron chi connectivity index (χ1n) is 6.37. The van der Waals surface area contributed by atoms with Gasteiger partial charge >= 0.3 is 0 Å². The van der Waals surface area contributed by atoms with Crippen molar-refractivity contribution in [1.82, 2.24) is 0 Å². The Bertz CT molecular complexity index is 467. The van der Waals surface area contributed by atoms with E-state index in [0.717, 1.165) is 0 Å². The molecule has 1 rings (SSSR count). The normalized spacial score (nSPS) is 11.1. The summed E-state index contributed by atoms with van der Waals surface area (Å²) < 4.78 is 15.7. The van der Waals surface area contributed by atoms with Crippen LogP contribution in [0.2, 0.25) is 0 Å². The minimum absolute atomic E-state index is 0. The van der Waals surface area contributed by atoms with Gasteiger partial charge in [0.25, 0.3) is 0 Å². The molecule has 120 valence electrons. The molecule has 3 N–H and O–H groups in total. The van der Waals surface area contributed by atoms with Crippen LogP contribution in [0.5, 0.6) is 17.2 Å². The number of halogens is 1. The third-order valence-electron chi connectivity index (χ3n) is 2.81. The number of nitrogens with two attached hydrogens (primary N) is 1. The zero-order chi connectivity index (χ0) is 15.1. The second-order valence-electron chi connectivity index (χ2n) is 4.45. The fraction of sp³-hybridized carbons (Fsp3) is 0.500. The van der Waals surface area contributed by atoms with Crippen molar-refractivity contribution < 1.29 is 19.0 Å². The zero-order valence-corrected chi connectivity index (χ0v) is 13.6. The molecule has 1 aromatic carbocycles. The van der Waals surface area contributed by atoms with Gasteiger partial charge in [-0.05, 0) is 25.5 Å². The van der Waals surface area contributed by atoms with E-state index in [-0.39, 0.29) is 24.4 Å². The van der Waals surface area contributed by atoms with E-state index in [1.165, 1.54) is 21.3 Å².